The van der Waals surface area contributed by atoms with Crippen molar-refractivity contribution in [1.29, 1.82) is 0 Å². The Kier molecular flexibility index (Phi) is 6.13. The van der Waals surface area contributed by atoms with Crippen molar-refractivity contribution in [3.05, 3.63) is 41.2 Å². The van der Waals surface area contributed by atoms with Crippen molar-refractivity contribution in [2.75, 3.05) is 18.5 Å². The molecule has 33 heavy (non-hydrogen) atoms. The van der Waals surface area contributed by atoms with Crippen LogP contribution < -0.4 is 14.8 Å². The third kappa shape index (κ3) is 5.17. The van der Waals surface area contributed by atoms with Gasteiger partial charge < -0.3 is 24.6 Å². The predicted molar refractivity (Wildman–Crippen MR) is 107 cm³/mol. The van der Waals surface area contributed by atoms with E-state index in [0.29, 0.717) is 13.0 Å². The highest BCUT2D eigenvalue weighted by molar-refractivity contribution is 6.31. The third-order valence-corrected chi connectivity index (χ3v) is 4.80. The second kappa shape index (κ2) is 8.87. The Balaban J connectivity index is 1.83. The van der Waals surface area contributed by atoms with Crippen LogP contribution in [0.4, 0.5) is 29.1 Å². The molecule has 2 aromatic carbocycles. The van der Waals surface area contributed by atoms with Crippen LogP contribution >= 0.6 is 11.6 Å². The van der Waals surface area contributed by atoms with E-state index in [-0.39, 0.29) is 51.6 Å². The van der Waals surface area contributed by atoms with E-state index >= 15 is 0 Å². The summed E-state index contributed by atoms with van der Waals surface area (Å²) in [6.45, 7) is 0.754. The molecule has 174 valence electrons. The summed E-state index contributed by atoms with van der Waals surface area (Å²) < 4.78 is 67.0. The summed E-state index contributed by atoms with van der Waals surface area (Å²) in [5, 5.41) is 12.8. The molecule has 2 heterocycles. The van der Waals surface area contributed by atoms with E-state index in [4.69, 9.17) is 21.1 Å². The van der Waals surface area contributed by atoms with Crippen LogP contribution in [0, 0.1) is 5.82 Å². The average Bonchev–Trinajstić information content (AvgIpc) is 3.22. The number of aromatic hydroxyl groups is 1. The Labute approximate surface area is 188 Å². The minimum Gasteiger partial charge on any atom is -0.508 e. The number of aromatic nitrogens is 2. The largest absolute Gasteiger partial charge is 0.508 e. The molecule has 8 nitrogen and oxygen atoms in total. The molecule has 0 aliphatic carbocycles. The molecule has 1 fully saturated rings. The number of fused-ring (bicyclic) bond motifs is 1. The Morgan fingerprint density at radius 1 is 1.24 bits per heavy atom. The maximum absolute atomic E-state index is 13.5. The van der Waals surface area contributed by atoms with Crippen LogP contribution in [0.25, 0.3) is 10.9 Å². The van der Waals surface area contributed by atoms with Crippen LogP contribution in [0.1, 0.15) is 6.42 Å². The lowest BCUT2D eigenvalue weighted by Crippen LogP contribution is -2.28. The summed E-state index contributed by atoms with van der Waals surface area (Å²) in [7, 11) is 0. The fourth-order valence-electron chi connectivity index (χ4n) is 3.06. The van der Waals surface area contributed by atoms with Gasteiger partial charge >= 0.3 is 18.2 Å². The van der Waals surface area contributed by atoms with Gasteiger partial charge in [0.2, 0.25) is 0 Å². The van der Waals surface area contributed by atoms with E-state index in [1.807, 2.05) is 0 Å². The van der Waals surface area contributed by atoms with Gasteiger partial charge in [-0.15, -0.1) is 0 Å². The van der Waals surface area contributed by atoms with Gasteiger partial charge in [-0.05, 0) is 18.2 Å². The number of rotatable bonds is 5. The van der Waals surface area contributed by atoms with Crippen LogP contribution in [0.3, 0.4) is 0 Å². The number of nitrogens with one attached hydrogen (secondary N) is 1. The van der Waals surface area contributed by atoms with Gasteiger partial charge in [0.25, 0.3) is 0 Å². The van der Waals surface area contributed by atoms with Crippen molar-refractivity contribution >= 4 is 40.0 Å². The maximum atomic E-state index is 13.5. The molecule has 4 rings (SSSR count). The SMILES string of the molecule is O=C(Oc1nc(Nc2ccc(F)c(Cl)c2)c2c(OC3CCOC3)cc(O)cc2n1)C(F)(F)F. The number of hydrogen-bond acceptors (Lipinski definition) is 8. The average molecular weight is 488 g/mol. The topological polar surface area (TPSA) is 103 Å². The molecule has 1 aliphatic heterocycles. The second-order valence-electron chi connectivity index (χ2n) is 6.94. The van der Waals surface area contributed by atoms with Crippen LogP contribution in [0.2, 0.25) is 5.02 Å². The van der Waals surface area contributed by atoms with Gasteiger partial charge in [0, 0.05) is 24.2 Å². The molecule has 1 unspecified atom stereocenters. The first-order valence-electron chi connectivity index (χ1n) is 9.40. The van der Waals surface area contributed by atoms with Crippen molar-refractivity contribution < 1.29 is 41.7 Å². The van der Waals surface area contributed by atoms with Gasteiger partial charge in [0.05, 0.1) is 29.1 Å². The van der Waals surface area contributed by atoms with Gasteiger partial charge in [0.15, 0.2) is 0 Å². The van der Waals surface area contributed by atoms with Gasteiger partial charge in [-0.1, -0.05) is 11.6 Å². The first-order chi connectivity index (χ1) is 15.6. The van der Waals surface area contributed by atoms with E-state index in [1.54, 1.807) is 0 Å². The third-order valence-electron chi connectivity index (χ3n) is 4.51. The smallest absolute Gasteiger partial charge is 0.491 e. The number of phenolic OH excluding ortho intramolecular Hbond substituents is 1. The lowest BCUT2D eigenvalue weighted by Gasteiger charge is -2.17. The number of carbonyl (C=O) groups excluding carboxylic acids is 1. The van der Waals surface area contributed by atoms with Crippen LogP contribution in [0.15, 0.2) is 30.3 Å². The van der Waals surface area contributed by atoms with Gasteiger partial charge in [-0.25, -0.2) is 9.18 Å². The van der Waals surface area contributed by atoms with Crippen LogP contribution in [0.5, 0.6) is 17.5 Å². The zero-order valence-electron chi connectivity index (χ0n) is 16.4. The molecule has 1 aromatic heterocycles. The van der Waals surface area contributed by atoms with E-state index < -0.39 is 24.0 Å². The molecule has 0 radical (unpaired) electrons. The maximum Gasteiger partial charge on any atom is 0.491 e. The zero-order valence-corrected chi connectivity index (χ0v) is 17.2. The van der Waals surface area contributed by atoms with E-state index in [2.05, 4.69) is 20.0 Å². The lowest BCUT2D eigenvalue weighted by molar-refractivity contribution is -0.190. The van der Waals surface area contributed by atoms with Crippen LogP contribution in [-0.2, 0) is 9.53 Å². The zero-order chi connectivity index (χ0) is 23.8. The molecular weight excluding hydrogens is 474 g/mol. The minimum absolute atomic E-state index is 0.0837. The van der Waals surface area contributed by atoms with Crippen molar-refractivity contribution in [2.45, 2.75) is 18.7 Å². The number of halogens is 5. The summed E-state index contributed by atoms with van der Waals surface area (Å²) in [4.78, 5) is 19.0. The van der Waals surface area contributed by atoms with Crippen LogP contribution in [-0.4, -0.2) is 46.5 Å². The fourth-order valence-corrected chi connectivity index (χ4v) is 3.24. The molecule has 0 amide bonds. The molecule has 0 spiro atoms. The highest BCUT2D eigenvalue weighted by atomic mass is 35.5. The van der Waals surface area contributed by atoms with E-state index in [1.165, 1.54) is 18.2 Å². The first-order valence-corrected chi connectivity index (χ1v) is 9.78. The van der Waals surface area contributed by atoms with Gasteiger partial charge in [-0.2, -0.15) is 23.1 Å². The fraction of sp³-hybridized carbons (Fsp3) is 0.250. The number of nitrogens with zero attached hydrogens (tertiary/aromatic N) is 2. The molecule has 1 atom stereocenters. The summed E-state index contributed by atoms with van der Waals surface area (Å²) in [5.41, 5.74) is 0.136. The molecule has 13 heteroatoms. The Morgan fingerprint density at radius 3 is 2.70 bits per heavy atom. The standard InChI is InChI=1S/C20H14ClF4N3O5/c21-12-5-9(1-2-13(12)22)26-17-16-14(27-19(28-17)33-18(30)20(23,24)25)6-10(29)7-15(16)32-11-3-4-31-8-11/h1-2,5-7,11,29H,3-4,8H2,(H,26,27,28). The monoisotopic (exact) mass is 487 g/mol. The number of hydrogen-bond donors (Lipinski definition) is 2. The number of phenols is 1. The summed E-state index contributed by atoms with van der Waals surface area (Å²) in [5.74, 6) is -3.56. The Morgan fingerprint density at radius 2 is 2.03 bits per heavy atom. The first kappa shape index (κ1) is 22.8. The molecule has 1 aliphatic rings. The normalized spacial score (nSPS) is 16.1. The molecule has 2 N–H and O–H groups in total. The number of ether oxygens (including phenoxy) is 3. The number of anilines is 2. The van der Waals surface area contributed by atoms with Crippen molar-refractivity contribution in [2.24, 2.45) is 0 Å². The van der Waals surface area contributed by atoms with Crippen molar-refractivity contribution in [1.82, 2.24) is 9.97 Å². The number of alkyl halides is 3. The molecular formula is C20H14ClF4N3O5. The summed E-state index contributed by atoms with van der Waals surface area (Å²) in [6, 6.07) is 5.07. The Hall–Kier alpha value is -3.38. The van der Waals surface area contributed by atoms with E-state index in [0.717, 1.165) is 12.1 Å². The number of benzene rings is 2. The molecule has 0 saturated carbocycles. The van der Waals surface area contributed by atoms with Gasteiger partial charge in [0.1, 0.15) is 29.2 Å². The predicted octanol–water partition coefficient (Wildman–Crippen LogP) is 4.51. The molecule has 0 bridgehead atoms. The highest BCUT2D eigenvalue weighted by Crippen LogP contribution is 2.38. The Bertz CT molecular complexity index is 1220. The summed E-state index contributed by atoms with van der Waals surface area (Å²) in [6.07, 6.45) is -5.08. The van der Waals surface area contributed by atoms with Crippen molar-refractivity contribution in [3.63, 3.8) is 0 Å². The number of carbonyl (C=O) groups is 1. The molecule has 3 aromatic rings. The molecule has 1 saturated heterocycles. The number of esters is 1. The second-order valence-corrected chi connectivity index (χ2v) is 7.34. The van der Waals surface area contributed by atoms with E-state index in [9.17, 15) is 27.5 Å². The minimum atomic E-state index is -5.29. The summed E-state index contributed by atoms with van der Waals surface area (Å²) >= 11 is 5.80. The van der Waals surface area contributed by atoms with Gasteiger partial charge in [-0.3, -0.25) is 0 Å². The highest BCUT2D eigenvalue weighted by Gasteiger charge is 2.42. The quantitative estimate of drug-likeness (QED) is 0.400. The van der Waals surface area contributed by atoms with Crippen molar-refractivity contribution in [3.8, 4) is 17.5 Å². The lowest BCUT2D eigenvalue weighted by atomic mass is 10.2.